The number of aliphatic hydroxyl groups excluding tert-OH is 1. The van der Waals surface area contributed by atoms with Crippen LogP contribution in [0.3, 0.4) is 0 Å². The zero-order valence-corrected chi connectivity index (χ0v) is 13.0. The number of nitrogens with two attached hydrogens (primary N) is 1. The van der Waals surface area contributed by atoms with Crippen molar-refractivity contribution in [3.05, 3.63) is 29.3 Å². The summed E-state index contributed by atoms with van der Waals surface area (Å²) in [4.78, 5) is 0. The second-order valence-electron chi connectivity index (χ2n) is 6.79. The highest BCUT2D eigenvalue weighted by Crippen LogP contribution is 2.48. The smallest absolute Gasteiger partial charge is 0.122 e. The van der Waals surface area contributed by atoms with Gasteiger partial charge in [0, 0.05) is 18.4 Å². The van der Waals surface area contributed by atoms with E-state index in [0.29, 0.717) is 6.54 Å². The molecule has 1 aromatic carbocycles. The van der Waals surface area contributed by atoms with Crippen molar-refractivity contribution in [2.75, 3.05) is 13.2 Å². The number of aliphatic hydroxyl groups is 1. The molecule has 2 aliphatic rings. The average Bonchev–Trinajstić information content (AvgIpc) is 3.01. The number of benzene rings is 1. The Morgan fingerprint density at radius 3 is 2.81 bits per heavy atom. The molecule has 21 heavy (non-hydrogen) atoms. The van der Waals surface area contributed by atoms with Crippen LogP contribution < -0.4 is 10.5 Å². The molecule has 0 bridgehead atoms. The van der Waals surface area contributed by atoms with Crippen LogP contribution in [0.4, 0.5) is 0 Å². The van der Waals surface area contributed by atoms with E-state index in [0.717, 1.165) is 43.1 Å². The van der Waals surface area contributed by atoms with Gasteiger partial charge in [-0.15, -0.1) is 0 Å². The normalized spacial score (nSPS) is 29.8. The largest absolute Gasteiger partial charge is 0.493 e. The van der Waals surface area contributed by atoms with Crippen LogP contribution in [-0.2, 0) is 6.42 Å². The monoisotopic (exact) mass is 289 g/mol. The third-order valence-electron chi connectivity index (χ3n) is 5.69. The van der Waals surface area contributed by atoms with E-state index in [2.05, 4.69) is 13.0 Å². The molecule has 0 spiro atoms. The molecule has 1 fully saturated rings. The lowest BCUT2D eigenvalue weighted by atomic mass is 9.65. The van der Waals surface area contributed by atoms with E-state index in [9.17, 15) is 5.11 Å². The molecule has 1 aromatic rings. The Labute approximate surface area is 127 Å². The van der Waals surface area contributed by atoms with Gasteiger partial charge < -0.3 is 15.6 Å². The Bertz CT molecular complexity index is 492. The highest BCUT2D eigenvalue weighted by molar-refractivity contribution is 5.41. The fourth-order valence-electron chi connectivity index (χ4n) is 3.98. The second kappa shape index (κ2) is 5.98. The maximum absolute atomic E-state index is 11.0. The molecule has 0 amide bonds. The first-order valence-corrected chi connectivity index (χ1v) is 8.32. The standard InChI is InChI=1S/C18H27NO2/c1-2-13-5-8-18(12-19,9-6-13)17(20)15-3-4-16-14(11-15)7-10-21-16/h3-4,11,13,17,20H,2,5-10,12,19H2,1H3. The van der Waals surface area contributed by atoms with Crippen molar-refractivity contribution in [2.24, 2.45) is 17.1 Å². The molecular weight excluding hydrogens is 262 g/mol. The molecule has 1 unspecified atom stereocenters. The van der Waals surface area contributed by atoms with Crippen molar-refractivity contribution in [3.63, 3.8) is 0 Å². The minimum Gasteiger partial charge on any atom is -0.493 e. The highest BCUT2D eigenvalue weighted by Gasteiger charge is 2.40. The lowest BCUT2D eigenvalue weighted by Gasteiger charge is -2.43. The maximum Gasteiger partial charge on any atom is 0.122 e. The van der Waals surface area contributed by atoms with Gasteiger partial charge in [0.2, 0.25) is 0 Å². The molecule has 0 saturated heterocycles. The van der Waals surface area contributed by atoms with E-state index in [1.807, 2.05) is 12.1 Å². The number of hydrogen-bond donors (Lipinski definition) is 2. The summed E-state index contributed by atoms with van der Waals surface area (Å²) in [7, 11) is 0. The number of fused-ring (bicyclic) bond motifs is 1. The Hall–Kier alpha value is -1.06. The first kappa shape index (κ1) is 14.9. The van der Waals surface area contributed by atoms with Gasteiger partial charge >= 0.3 is 0 Å². The minimum atomic E-state index is -0.453. The molecule has 3 rings (SSSR count). The van der Waals surface area contributed by atoms with Crippen LogP contribution in [-0.4, -0.2) is 18.3 Å². The van der Waals surface area contributed by atoms with Gasteiger partial charge in [-0.3, -0.25) is 0 Å². The molecule has 3 heteroatoms. The zero-order valence-electron chi connectivity index (χ0n) is 13.0. The van der Waals surface area contributed by atoms with Crippen LogP contribution >= 0.6 is 0 Å². The van der Waals surface area contributed by atoms with Gasteiger partial charge in [0.25, 0.3) is 0 Å². The van der Waals surface area contributed by atoms with Gasteiger partial charge in [0.15, 0.2) is 0 Å². The summed E-state index contributed by atoms with van der Waals surface area (Å²) in [5.41, 5.74) is 8.19. The van der Waals surface area contributed by atoms with Crippen LogP contribution in [0, 0.1) is 11.3 Å². The summed E-state index contributed by atoms with van der Waals surface area (Å²) < 4.78 is 5.55. The lowest BCUT2D eigenvalue weighted by Crippen LogP contribution is -2.40. The fourth-order valence-corrected chi connectivity index (χ4v) is 3.98. The zero-order chi connectivity index (χ0) is 14.9. The number of rotatable bonds is 4. The molecule has 0 aromatic heterocycles. The van der Waals surface area contributed by atoms with Gasteiger partial charge in [0.1, 0.15) is 5.75 Å². The summed E-state index contributed by atoms with van der Waals surface area (Å²) in [6.07, 6.45) is 6.20. The maximum atomic E-state index is 11.0. The summed E-state index contributed by atoms with van der Waals surface area (Å²) in [6, 6.07) is 6.14. The third kappa shape index (κ3) is 2.69. The third-order valence-corrected chi connectivity index (χ3v) is 5.69. The van der Waals surface area contributed by atoms with E-state index < -0.39 is 6.10 Å². The molecule has 1 heterocycles. The van der Waals surface area contributed by atoms with Crippen molar-refractivity contribution in [2.45, 2.75) is 51.6 Å². The Morgan fingerprint density at radius 2 is 2.14 bits per heavy atom. The lowest BCUT2D eigenvalue weighted by molar-refractivity contribution is -0.0103. The quantitative estimate of drug-likeness (QED) is 0.895. The molecule has 1 saturated carbocycles. The van der Waals surface area contributed by atoms with Gasteiger partial charge in [-0.2, -0.15) is 0 Å². The van der Waals surface area contributed by atoms with Crippen molar-refractivity contribution >= 4 is 0 Å². The van der Waals surface area contributed by atoms with Gasteiger partial charge in [-0.05, 0) is 54.9 Å². The Morgan fingerprint density at radius 1 is 1.38 bits per heavy atom. The first-order valence-electron chi connectivity index (χ1n) is 8.32. The molecule has 3 N–H and O–H groups in total. The summed E-state index contributed by atoms with van der Waals surface area (Å²) >= 11 is 0. The highest BCUT2D eigenvalue weighted by atomic mass is 16.5. The molecule has 0 radical (unpaired) electrons. The molecule has 1 atom stereocenters. The molecular formula is C18H27NO2. The molecule has 1 aliphatic carbocycles. The predicted octanol–water partition coefficient (Wildman–Crippen LogP) is 3.20. The molecule has 116 valence electrons. The summed E-state index contributed by atoms with van der Waals surface area (Å²) in [5, 5.41) is 11.0. The van der Waals surface area contributed by atoms with Crippen molar-refractivity contribution in [3.8, 4) is 5.75 Å². The average molecular weight is 289 g/mol. The van der Waals surface area contributed by atoms with Crippen LogP contribution in [0.25, 0.3) is 0 Å². The Balaban J connectivity index is 1.80. The summed E-state index contributed by atoms with van der Waals surface area (Å²) in [6.45, 7) is 3.59. The molecule has 1 aliphatic heterocycles. The van der Waals surface area contributed by atoms with E-state index in [4.69, 9.17) is 10.5 Å². The van der Waals surface area contributed by atoms with E-state index in [1.165, 1.54) is 24.8 Å². The van der Waals surface area contributed by atoms with Gasteiger partial charge in [-0.25, -0.2) is 0 Å². The van der Waals surface area contributed by atoms with Gasteiger partial charge in [0.05, 0.1) is 12.7 Å². The Kier molecular flexibility index (Phi) is 4.23. The van der Waals surface area contributed by atoms with Crippen LogP contribution in [0.2, 0.25) is 0 Å². The minimum absolute atomic E-state index is 0.140. The molecule has 3 nitrogen and oxygen atoms in total. The number of ether oxygens (including phenoxy) is 1. The second-order valence-corrected chi connectivity index (χ2v) is 6.79. The van der Waals surface area contributed by atoms with Crippen LogP contribution in [0.15, 0.2) is 18.2 Å². The van der Waals surface area contributed by atoms with Crippen LogP contribution in [0.1, 0.15) is 56.3 Å². The topological polar surface area (TPSA) is 55.5 Å². The van der Waals surface area contributed by atoms with Crippen molar-refractivity contribution in [1.29, 1.82) is 0 Å². The van der Waals surface area contributed by atoms with E-state index in [1.54, 1.807) is 0 Å². The van der Waals surface area contributed by atoms with E-state index in [-0.39, 0.29) is 5.41 Å². The van der Waals surface area contributed by atoms with Crippen molar-refractivity contribution < 1.29 is 9.84 Å². The van der Waals surface area contributed by atoms with Gasteiger partial charge in [-0.1, -0.05) is 19.4 Å². The fraction of sp³-hybridized carbons (Fsp3) is 0.667. The first-order chi connectivity index (χ1) is 10.2. The summed E-state index contributed by atoms with van der Waals surface area (Å²) in [5.74, 6) is 1.78. The number of hydrogen-bond acceptors (Lipinski definition) is 3. The predicted molar refractivity (Wildman–Crippen MR) is 84.3 cm³/mol. The van der Waals surface area contributed by atoms with Crippen LogP contribution in [0.5, 0.6) is 5.75 Å². The van der Waals surface area contributed by atoms with Crippen molar-refractivity contribution in [1.82, 2.24) is 0 Å². The van der Waals surface area contributed by atoms with E-state index >= 15 is 0 Å². The SMILES string of the molecule is CCC1CCC(CN)(C(O)c2ccc3c(c2)CCO3)CC1.